The van der Waals surface area contributed by atoms with Gasteiger partial charge in [-0.1, -0.05) is 34.1 Å². The Kier molecular flexibility index (Phi) is 16.4. The van der Waals surface area contributed by atoms with Crippen LogP contribution in [0.25, 0.3) is 0 Å². The Morgan fingerprint density at radius 2 is 1.47 bits per heavy atom. The summed E-state index contributed by atoms with van der Waals surface area (Å²) >= 11 is 1.25. The number of thioether (sulfide) groups is 1. The van der Waals surface area contributed by atoms with Crippen molar-refractivity contribution in [3.8, 4) is 0 Å². The number of ketones is 1. The Hall–Kier alpha value is -2.63. The van der Waals surface area contributed by atoms with Gasteiger partial charge in [-0.25, -0.2) is 0 Å². The molecule has 0 saturated carbocycles. The summed E-state index contributed by atoms with van der Waals surface area (Å²) in [7, 11) is 0. The van der Waals surface area contributed by atoms with Gasteiger partial charge in [0.2, 0.25) is 17.7 Å². The summed E-state index contributed by atoms with van der Waals surface area (Å²) in [6.45, 7) is 9.00. The number of carboxylic acid groups (broad SMARTS) is 2. The van der Waals surface area contributed by atoms with Gasteiger partial charge >= 0.3 is 11.9 Å². The van der Waals surface area contributed by atoms with E-state index in [9.17, 15) is 28.8 Å². The van der Waals surface area contributed by atoms with Crippen LogP contribution < -0.4 is 16.0 Å². The van der Waals surface area contributed by atoms with Crippen molar-refractivity contribution >= 4 is 47.2 Å². The monoisotopic (exact) mass is 531 g/mol. The lowest BCUT2D eigenvalue weighted by Gasteiger charge is -2.22. The second kappa shape index (κ2) is 17.7. The Morgan fingerprint density at radius 1 is 0.833 bits per heavy atom. The number of amides is 3. The van der Waals surface area contributed by atoms with Crippen LogP contribution in [0, 0.1) is 5.92 Å². The summed E-state index contributed by atoms with van der Waals surface area (Å²) in [6, 6.07) is -1.96. The molecule has 2 unspecified atom stereocenters. The van der Waals surface area contributed by atoms with E-state index in [1.807, 2.05) is 20.8 Å². The fourth-order valence-electron chi connectivity index (χ4n) is 3.34. The van der Waals surface area contributed by atoms with E-state index >= 15 is 0 Å². The molecule has 11 nitrogen and oxygen atoms in total. The van der Waals surface area contributed by atoms with E-state index in [0.717, 1.165) is 12.8 Å². The van der Waals surface area contributed by atoms with E-state index in [1.54, 1.807) is 13.8 Å². The van der Waals surface area contributed by atoms with E-state index in [0.29, 0.717) is 6.42 Å². The Labute approximate surface area is 216 Å². The van der Waals surface area contributed by atoms with Gasteiger partial charge in [-0.05, 0) is 26.2 Å². The Morgan fingerprint density at radius 3 is 2.00 bits per heavy atom. The van der Waals surface area contributed by atoms with E-state index in [2.05, 4.69) is 16.0 Å². The molecule has 5 atom stereocenters. The second-order valence-corrected chi connectivity index (χ2v) is 10.5. The molecule has 0 fully saturated rings. The van der Waals surface area contributed by atoms with Crippen molar-refractivity contribution in [3.63, 3.8) is 0 Å². The van der Waals surface area contributed by atoms with Crippen LogP contribution in [-0.2, 0) is 28.8 Å². The molecule has 0 bridgehead atoms. The molecule has 0 heterocycles. The normalized spacial score (nSPS) is 15.0. The molecule has 0 rings (SSSR count). The van der Waals surface area contributed by atoms with Crippen molar-refractivity contribution in [2.45, 2.75) is 102 Å². The average Bonchev–Trinajstić information content (AvgIpc) is 2.79. The molecule has 0 radical (unpaired) electrons. The maximum Gasteiger partial charge on any atom is 0.305 e. The first kappa shape index (κ1) is 33.4. The van der Waals surface area contributed by atoms with Gasteiger partial charge in [0.1, 0.15) is 6.04 Å². The van der Waals surface area contributed by atoms with Crippen LogP contribution in [0.2, 0.25) is 0 Å². The van der Waals surface area contributed by atoms with Crippen LogP contribution in [0.15, 0.2) is 0 Å². The third kappa shape index (κ3) is 14.1. The topological polar surface area (TPSA) is 179 Å². The molecule has 0 saturated heterocycles. The van der Waals surface area contributed by atoms with E-state index < -0.39 is 47.0 Å². The predicted molar refractivity (Wildman–Crippen MR) is 136 cm³/mol. The smallest absolute Gasteiger partial charge is 0.305 e. The first-order valence-electron chi connectivity index (χ1n) is 12.3. The number of carbonyl (C=O) groups excluding carboxylic acids is 4. The summed E-state index contributed by atoms with van der Waals surface area (Å²) in [6.07, 6.45) is 1.17. The van der Waals surface area contributed by atoms with Gasteiger partial charge in [0.25, 0.3) is 0 Å². The maximum absolute atomic E-state index is 12.7. The van der Waals surface area contributed by atoms with Crippen LogP contribution in [0.3, 0.4) is 0 Å². The van der Waals surface area contributed by atoms with E-state index in [1.165, 1.54) is 11.8 Å². The average molecular weight is 532 g/mol. The summed E-state index contributed by atoms with van der Waals surface area (Å²) in [4.78, 5) is 72.0. The number of carboxylic acids is 2. The molecule has 3 amide bonds. The summed E-state index contributed by atoms with van der Waals surface area (Å²) in [5.74, 6) is -4.39. The summed E-state index contributed by atoms with van der Waals surface area (Å²) in [5, 5.41) is 24.9. The van der Waals surface area contributed by atoms with Crippen molar-refractivity contribution in [2.75, 3.05) is 6.54 Å². The maximum atomic E-state index is 12.7. The zero-order valence-corrected chi connectivity index (χ0v) is 22.6. The zero-order valence-electron chi connectivity index (χ0n) is 21.8. The van der Waals surface area contributed by atoms with Gasteiger partial charge in [0, 0.05) is 30.6 Å². The lowest BCUT2D eigenvalue weighted by molar-refractivity contribution is -0.139. The van der Waals surface area contributed by atoms with Gasteiger partial charge < -0.3 is 26.2 Å². The predicted octanol–water partition coefficient (Wildman–Crippen LogP) is 1.73. The number of aliphatic carboxylic acids is 2. The minimum absolute atomic E-state index is 0.0798. The van der Waals surface area contributed by atoms with Crippen molar-refractivity contribution in [1.29, 1.82) is 0 Å². The Bertz CT molecular complexity index is 776. The minimum Gasteiger partial charge on any atom is -0.481 e. The molecular weight excluding hydrogens is 490 g/mol. The number of hydrogen-bond donors (Lipinski definition) is 5. The molecule has 0 aromatic heterocycles. The van der Waals surface area contributed by atoms with Crippen molar-refractivity contribution in [1.82, 2.24) is 16.0 Å². The zero-order chi connectivity index (χ0) is 27.8. The van der Waals surface area contributed by atoms with Crippen molar-refractivity contribution in [2.24, 2.45) is 5.92 Å². The van der Waals surface area contributed by atoms with Crippen LogP contribution in [0.4, 0.5) is 0 Å². The highest BCUT2D eigenvalue weighted by atomic mass is 32.2. The quantitative estimate of drug-likeness (QED) is 0.166. The summed E-state index contributed by atoms with van der Waals surface area (Å²) in [5.41, 5.74) is 0. The fraction of sp³-hybridized carbons (Fsp3) is 0.750. The van der Waals surface area contributed by atoms with Crippen LogP contribution in [0.1, 0.15) is 79.6 Å². The van der Waals surface area contributed by atoms with Crippen LogP contribution in [0.5, 0.6) is 0 Å². The molecule has 206 valence electrons. The van der Waals surface area contributed by atoms with Crippen molar-refractivity contribution in [3.05, 3.63) is 0 Å². The fourth-order valence-corrected chi connectivity index (χ4v) is 4.54. The number of Topliss-reactive ketones (excluding diaryl/α,β-unsaturated/α-hetero) is 1. The van der Waals surface area contributed by atoms with Gasteiger partial charge in [-0.2, -0.15) is 0 Å². The first-order chi connectivity index (χ1) is 16.8. The lowest BCUT2D eigenvalue weighted by Crippen LogP contribution is -2.52. The number of carbonyl (C=O) groups is 6. The van der Waals surface area contributed by atoms with Crippen LogP contribution >= 0.6 is 11.8 Å². The van der Waals surface area contributed by atoms with Crippen LogP contribution in [-0.4, -0.2) is 74.8 Å². The molecule has 0 aromatic carbocycles. The largest absolute Gasteiger partial charge is 0.481 e. The highest BCUT2D eigenvalue weighted by Gasteiger charge is 2.27. The van der Waals surface area contributed by atoms with Gasteiger partial charge in [-0.3, -0.25) is 28.8 Å². The van der Waals surface area contributed by atoms with Crippen molar-refractivity contribution < 1.29 is 39.0 Å². The standard InChI is InChI=1S/C24H41N3O8S/c1-6-8-14(3)22(33)16(5)26-23(34)17(9-10-20(29)30)27-19(28)11-12-25-24(35)18(13-21(31)32)36-15(4)7-2/h14-18H,6-13H2,1-5H3,(H,25,35)(H,26,34)(H,27,28)(H,29,30)(H,31,32)/t14?,15-,16-,17-,18?/m0/s1. The number of nitrogens with one attached hydrogen (secondary N) is 3. The molecular formula is C24H41N3O8S. The third-order valence-electron chi connectivity index (χ3n) is 5.57. The molecule has 0 aromatic rings. The third-order valence-corrected chi connectivity index (χ3v) is 7.07. The molecule has 0 aliphatic heterocycles. The second-order valence-electron chi connectivity index (χ2n) is 8.86. The summed E-state index contributed by atoms with van der Waals surface area (Å²) < 4.78 is 0. The minimum atomic E-state index is -1.17. The first-order valence-corrected chi connectivity index (χ1v) is 13.3. The number of rotatable bonds is 19. The van der Waals surface area contributed by atoms with E-state index in [-0.39, 0.29) is 49.2 Å². The molecule has 36 heavy (non-hydrogen) atoms. The van der Waals surface area contributed by atoms with Gasteiger partial charge in [0.15, 0.2) is 5.78 Å². The molecule has 0 aliphatic carbocycles. The van der Waals surface area contributed by atoms with Gasteiger partial charge in [0.05, 0.1) is 17.7 Å². The SMILES string of the molecule is CCCC(C)C(=O)[C@H](C)NC(=O)[C@H](CCC(=O)O)NC(=O)CCNC(=O)C(CC(=O)O)S[C@@H](C)CC. The highest BCUT2D eigenvalue weighted by molar-refractivity contribution is 8.01. The lowest BCUT2D eigenvalue weighted by atomic mass is 9.96. The molecule has 5 N–H and O–H groups in total. The van der Waals surface area contributed by atoms with Gasteiger partial charge in [-0.15, -0.1) is 11.8 Å². The molecule has 0 aliphatic rings. The highest BCUT2D eigenvalue weighted by Crippen LogP contribution is 2.23. The molecule has 12 heteroatoms. The van der Waals surface area contributed by atoms with E-state index in [4.69, 9.17) is 10.2 Å². The molecule has 0 spiro atoms. The Balaban J connectivity index is 4.99. The number of hydrogen-bond acceptors (Lipinski definition) is 7.